The zero-order valence-electron chi connectivity index (χ0n) is 31.9. The van der Waals surface area contributed by atoms with Gasteiger partial charge < -0.3 is 19.7 Å². The van der Waals surface area contributed by atoms with Crippen LogP contribution in [0.4, 0.5) is 8.78 Å². The number of likely N-dealkylation sites (tertiary alicyclic amines) is 2. The highest BCUT2D eigenvalue weighted by Gasteiger charge is 2.51. The molecule has 0 aromatic heterocycles. The largest absolute Gasteiger partial charge is 0.480 e. The summed E-state index contributed by atoms with van der Waals surface area (Å²) in [5, 5.41) is 14.0. The van der Waals surface area contributed by atoms with Crippen molar-refractivity contribution in [2.24, 2.45) is 5.92 Å². The SMILES string of the molecule is CC[C@H](NC(C)=O)c1cc(C)c(Cl)cc1C1CCN(C(=O)[C@H]2CC(N3C[C@H](O[Si](C)(C)C(C)(C)C)C[C@@H]3C(=O)O)C[C@@H]2c2ccc(F)cc2F)CC1. The molecule has 0 radical (unpaired) electrons. The van der Waals surface area contributed by atoms with E-state index in [1.807, 2.05) is 29.7 Å². The number of aliphatic carboxylic acids is 1. The molecule has 8 nitrogen and oxygen atoms in total. The second-order valence-electron chi connectivity index (χ2n) is 16.8. The van der Waals surface area contributed by atoms with E-state index in [1.165, 1.54) is 19.1 Å². The van der Waals surface area contributed by atoms with E-state index in [9.17, 15) is 23.9 Å². The van der Waals surface area contributed by atoms with Crippen molar-refractivity contribution < 1.29 is 32.7 Å². The number of rotatable bonds is 10. The Balaban J connectivity index is 1.38. The smallest absolute Gasteiger partial charge is 0.321 e. The number of aryl methyl sites for hydroxylation is 1. The summed E-state index contributed by atoms with van der Waals surface area (Å²) >= 11 is 6.63. The summed E-state index contributed by atoms with van der Waals surface area (Å²) in [6.07, 6.45) is 2.97. The van der Waals surface area contributed by atoms with E-state index in [-0.39, 0.29) is 41.0 Å². The van der Waals surface area contributed by atoms with Gasteiger partial charge in [-0.25, -0.2) is 8.78 Å². The van der Waals surface area contributed by atoms with Gasteiger partial charge in [0.25, 0.3) is 0 Å². The van der Waals surface area contributed by atoms with Crippen molar-refractivity contribution in [3.8, 4) is 0 Å². The van der Waals surface area contributed by atoms with Gasteiger partial charge in [-0.2, -0.15) is 0 Å². The molecule has 1 saturated carbocycles. The van der Waals surface area contributed by atoms with Crippen LogP contribution in [0.1, 0.15) is 113 Å². The van der Waals surface area contributed by atoms with Crippen LogP contribution >= 0.6 is 11.6 Å². The number of piperidine rings is 1. The third-order valence-electron chi connectivity index (χ3n) is 12.3. The molecule has 1 unspecified atom stereocenters. The number of halogens is 3. The van der Waals surface area contributed by atoms with Crippen LogP contribution in [0.3, 0.4) is 0 Å². The molecule has 6 atom stereocenters. The third kappa shape index (κ3) is 8.58. The van der Waals surface area contributed by atoms with Crippen molar-refractivity contribution in [2.45, 2.75) is 134 Å². The second kappa shape index (κ2) is 15.9. The highest BCUT2D eigenvalue weighted by Crippen LogP contribution is 2.47. The van der Waals surface area contributed by atoms with Crippen molar-refractivity contribution in [2.75, 3.05) is 19.6 Å². The van der Waals surface area contributed by atoms with Crippen molar-refractivity contribution in [3.05, 3.63) is 69.2 Å². The molecule has 5 rings (SSSR count). The average Bonchev–Trinajstić information content (AvgIpc) is 3.68. The fraction of sp³-hybridized carbons (Fsp3) is 0.625. The summed E-state index contributed by atoms with van der Waals surface area (Å²) in [4.78, 5) is 43.0. The van der Waals surface area contributed by atoms with E-state index in [2.05, 4.69) is 45.2 Å². The molecule has 3 fully saturated rings. The maximum absolute atomic E-state index is 15.4. The highest BCUT2D eigenvalue weighted by atomic mass is 35.5. The first kappa shape index (κ1) is 40.3. The maximum Gasteiger partial charge on any atom is 0.321 e. The summed E-state index contributed by atoms with van der Waals surface area (Å²) in [6, 6.07) is 6.38. The van der Waals surface area contributed by atoms with E-state index >= 15 is 4.39 Å². The lowest BCUT2D eigenvalue weighted by atomic mass is 9.82. The van der Waals surface area contributed by atoms with Crippen LogP contribution in [-0.2, 0) is 18.8 Å². The van der Waals surface area contributed by atoms with Gasteiger partial charge in [0, 0.05) is 49.6 Å². The minimum atomic E-state index is -2.18. The Morgan fingerprint density at radius 3 is 2.31 bits per heavy atom. The second-order valence-corrected chi connectivity index (χ2v) is 21.9. The standard InChI is InChI=1S/C40H56ClF2N3O5Si/c1-9-36(44-24(3)47)32-16-23(2)34(41)21-30(32)25-12-14-45(15-13-25)38(48)33-19-27(18-31(33)29-11-10-26(42)17-35(29)43)46-22-28(20-37(46)39(49)50)51-52(7,8)40(4,5)6/h10-11,16-17,21,25,27-28,31,33,36-37H,9,12-15,18-20,22H2,1-8H3,(H,44,47)(H,49,50)/t27?,28-,31-,33+,36+,37-/m1/s1. The Morgan fingerprint density at radius 1 is 1.06 bits per heavy atom. The molecule has 1 aliphatic carbocycles. The molecular weight excluding hydrogens is 704 g/mol. The third-order valence-corrected chi connectivity index (χ3v) is 17.3. The van der Waals surface area contributed by atoms with E-state index in [1.54, 1.807) is 0 Å². The number of carbonyl (C=O) groups excluding carboxylic acids is 2. The van der Waals surface area contributed by atoms with Crippen molar-refractivity contribution in [3.63, 3.8) is 0 Å². The van der Waals surface area contributed by atoms with Crippen molar-refractivity contribution in [1.29, 1.82) is 0 Å². The average molecular weight is 760 g/mol. The lowest BCUT2D eigenvalue weighted by molar-refractivity contribution is -0.143. The zero-order chi connectivity index (χ0) is 38.3. The van der Waals surface area contributed by atoms with E-state index in [0.717, 1.165) is 29.2 Å². The van der Waals surface area contributed by atoms with Gasteiger partial charge in [-0.1, -0.05) is 51.4 Å². The summed E-state index contributed by atoms with van der Waals surface area (Å²) in [5.41, 5.74) is 3.36. The summed E-state index contributed by atoms with van der Waals surface area (Å²) in [7, 11) is -2.18. The van der Waals surface area contributed by atoms with Crippen LogP contribution < -0.4 is 5.32 Å². The molecule has 0 bridgehead atoms. The molecule has 2 aliphatic heterocycles. The lowest BCUT2D eigenvalue weighted by Gasteiger charge is -2.38. The molecule has 3 aliphatic rings. The predicted molar refractivity (Wildman–Crippen MR) is 202 cm³/mol. The van der Waals surface area contributed by atoms with Gasteiger partial charge in [-0.05, 0) is 110 Å². The number of carbonyl (C=O) groups is 3. The Bertz CT molecular complexity index is 1660. The fourth-order valence-corrected chi connectivity index (χ4v) is 10.0. The molecule has 0 spiro atoms. The first-order chi connectivity index (χ1) is 24.3. The quantitative estimate of drug-likeness (QED) is 0.237. The molecular formula is C40H56ClF2N3O5Si. The maximum atomic E-state index is 15.4. The van der Waals surface area contributed by atoms with Crippen LogP contribution in [-0.4, -0.2) is 78.8 Å². The number of carboxylic acids is 1. The Kier molecular flexibility index (Phi) is 12.3. The predicted octanol–water partition coefficient (Wildman–Crippen LogP) is 8.33. The molecule has 12 heteroatoms. The van der Waals surface area contributed by atoms with Crippen molar-refractivity contribution >= 4 is 37.7 Å². The van der Waals surface area contributed by atoms with Gasteiger partial charge in [-0.15, -0.1) is 0 Å². The number of nitrogens with one attached hydrogen (secondary N) is 1. The number of amides is 2. The molecule has 2 aromatic rings. The Labute approximate surface area is 313 Å². The first-order valence-electron chi connectivity index (χ1n) is 18.8. The molecule has 2 N–H and O–H groups in total. The molecule has 2 saturated heterocycles. The van der Waals surface area contributed by atoms with Crippen LogP contribution in [0.5, 0.6) is 0 Å². The summed E-state index contributed by atoms with van der Waals surface area (Å²) in [5.74, 6) is -3.48. The zero-order valence-corrected chi connectivity index (χ0v) is 33.7. The van der Waals surface area contributed by atoms with Crippen molar-refractivity contribution in [1.82, 2.24) is 15.1 Å². The molecule has 286 valence electrons. The molecule has 2 aromatic carbocycles. The Morgan fingerprint density at radius 2 is 1.73 bits per heavy atom. The van der Waals surface area contributed by atoms with Crippen LogP contribution in [0.25, 0.3) is 0 Å². The number of carboxylic acid groups (broad SMARTS) is 1. The normalized spacial score (nSPS) is 25.4. The topological polar surface area (TPSA) is 99.2 Å². The number of hydrogen-bond acceptors (Lipinski definition) is 5. The monoisotopic (exact) mass is 759 g/mol. The van der Waals surface area contributed by atoms with E-state index in [4.69, 9.17) is 16.0 Å². The lowest BCUT2D eigenvalue weighted by Crippen LogP contribution is -2.45. The first-order valence-corrected chi connectivity index (χ1v) is 22.1. The van der Waals surface area contributed by atoms with Crippen LogP contribution in [0.2, 0.25) is 23.2 Å². The van der Waals surface area contributed by atoms with Crippen LogP contribution in [0, 0.1) is 24.5 Å². The molecule has 52 heavy (non-hydrogen) atoms. The number of benzene rings is 2. The van der Waals surface area contributed by atoms with E-state index < -0.39 is 43.8 Å². The Hall–Kier alpha value is -2.86. The fourth-order valence-electron chi connectivity index (χ4n) is 8.51. The summed E-state index contributed by atoms with van der Waals surface area (Å²) in [6.45, 7) is 17.7. The van der Waals surface area contributed by atoms with Gasteiger partial charge in [0.2, 0.25) is 11.8 Å². The van der Waals surface area contributed by atoms with Gasteiger partial charge in [0.05, 0.1) is 12.1 Å². The van der Waals surface area contributed by atoms with Gasteiger partial charge in [-0.3, -0.25) is 19.3 Å². The minimum Gasteiger partial charge on any atom is -0.480 e. The minimum absolute atomic E-state index is 0.0426. The molecule has 2 amide bonds. The van der Waals surface area contributed by atoms with Crippen LogP contribution in [0.15, 0.2) is 30.3 Å². The number of hydrogen-bond donors (Lipinski definition) is 2. The molecule has 2 heterocycles. The van der Waals surface area contributed by atoms with E-state index in [0.29, 0.717) is 62.3 Å². The summed E-state index contributed by atoms with van der Waals surface area (Å²) < 4.78 is 36.2. The van der Waals surface area contributed by atoms with Gasteiger partial charge in [0.1, 0.15) is 17.7 Å². The number of nitrogens with zero attached hydrogens (tertiary/aromatic N) is 2. The highest BCUT2D eigenvalue weighted by molar-refractivity contribution is 6.74. The van der Waals surface area contributed by atoms with Gasteiger partial charge in [0.15, 0.2) is 8.32 Å². The van der Waals surface area contributed by atoms with Gasteiger partial charge >= 0.3 is 5.97 Å².